The van der Waals surface area contributed by atoms with Gasteiger partial charge in [0.1, 0.15) is 5.75 Å². The van der Waals surface area contributed by atoms with Crippen LogP contribution in [0.25, 0.3) is 0 Å². The van der Waals surface area contributed by atoms with Crippen molar-refractivity contribution in [2.24, 2.45) is 0 Å². The number of Topliss-reactive ketones (excluding diaryl/α,β-unsaturated/α-hetero) is 1. The highest BCUT2D eigenvalue weighted by molar-refractivity contribution is 6.00. The van der Waals surface area contributed by atoms with Gasteiger partial charge in [0.2, 0.25) is 0 Å². The van der Waals surface area contributed by atoms with E-state index in [1.165, 1.54) is 0 Å². The molecule has 0 unspecified atom stereocenters. The predicted octanol–water partition coefficient (Wildman–Crippen LogP) is 3.09. The maximum absolute atomic E-state index is 12.7. The Morgan fingerprint density at radius 3 is 2.28 bits per heavy atom. The van der Waals surface area contributed by atoms with Crippen LogP contribution in [0.15, 0.2) is 12.1 Å². The van der Waals surface area contributed by atoms with Crippen molar-refractivity contribution in [1.82, 2.24) is 0 Å². The van der Waals surface area contributed by atoms with E-state index in [1.54, 1.807) is 0 Å². The number of benzene rings is 1. The Balaban J connectivity index is 3.53. The number of carbonyl (C=O) groups is 1. The zero-order chi connectivity index (χ0) is 14.1. The van der Waals surface area contributed by atoms with E-state index in [0.29, 0.717) is 0 Å². The SMILES string of the molecule is CC(=O)c1c(OC(F)F)ccc(N)c1C(F)(F)F. The molecule has 8 heteroatoms. The Labute approximate surface area is 98.3 Å². The molecule has 0 spiro atoms. The smallest absolute Gasteiger partial charge is 0.419 e. The number of carbonyl (C=O) groups excluding carboxylic acids is 1. The minimum atomic E-state index is -4.94. The lowest BCUT2D eigenvalue weighted by Crippen LogP contribution is -2.17. The summed E-state index contributed by atoms with van der Waals surface area (Å²) in [4.78, 5) is 11.2. The largest absolute Gasteiger partial charge is 0.434 e. The summed E-state index contributed by atoms with van der Waals surface area (Å²) in [5, 5.41) is 0. The van der Waals surface area contributed by atoms with Gasteiger partial charge in [-0.25, -0.2) is 0 Å². The van der Waals surface area contributed by atoms with Crippen molar-refractivity contribution in [1.29, 1.82) is 0 Å². The summed E-state index contributed by atoms with van der Waals surface area (Å²) in [6, 6.07) is 1.56. The number of rotatable bonds is 3. The highest BCUT2D eigenvalue weighted by atomic mass is 19.4. The Morgan fingerprint density at radius 1 is 1.33 bits per heavy atom. The van der Waals surface area contributed by atoms with Gasteiger partial charge in [0.25, 0.3) is 0 Å². The number of hydrogen-bond donors (Lipinski definition) is 1. The van der Waals surface area contributed by atoms with Gasteiger partial charge in [0, 0.05) is 5.69 Å². The van der Waals surface area contributed by atoms with Crippen LogP contribution in [0.3, 0.4) is 0 Å². The van der Waals surface area contributed by atoms with Crippen molar-refractivity contribution >= 4 is 11.5 Å². The van der Waals surface area contributed by atoms with Crippen LogP contribution in [0, 0.1) is 0 Å². The average molecular weight is 269 g/mol. The van der Waals surface area contributed by atoms with E-state index < -0.39 is 41.1 Å². The standard InChI is InChI=1S/C10H8F5NO2/c1-4(17)7-6(18-9(11)12)3-2-5(16)8(7)10(13,14)15/h2-3,9H,16H2,1H3. The van der Waals surface area contributed by atoms with E-state index in [1.807, 2.05) is 0 Å². The van der Waals surface area contributed by atoms with Crippen molar-refractivity contribution < 1.29 is 31.5 Å². The van der Waals surface area contributed by atoms with Gasteiger partial charge in [-0.2, -0.15) is 22.0 Å². The summed E-state index contributed by atoms with van der Waals surface area (Å²) >= 11 is 0. The summed E-state index contributed by atoms with van der Waals surface area (Å²) < 4.78 is 66.1. The van der Waals surface area contributed by atoms with E-state index in [0.717, 1.165) is 19.1 Å². The second-order valence-corrected chi connectivity index (χ2v) is 3.34. The van der Waals surface area contributed by atoms with Crippen molar-refractivity contribution in [2.75, 3.05) is 5.73 Å². The first-order valence-corrected chi connectivity index (χ1v) is 4.60. The molecule has 1 rings (SSSR count). The Kier molecular flexibility index (Phi) is 3.78. The molecule has 0 fully saturated rings. The number of alkyl halides is 5. The van der Waals surface area contributed by atoms with Crippen LogP contribution >= 0.6 is 0 Å². The van der Waals surface area contributed by atoms with Crippen LogP contribution in [0.2, 0.25) is 0 Å². The van der Waals surface area contributed by atoms with E-state index >= 15 is 0 Å². The average Bonchev–Trinajstić information content (AvgIpc) is 2.17. The van der Waals surface area contributed by atoms with E-state index in [2.05, 4.69) is 4.74 Å². The summed E-state index contributed by atoms with van der Waals surface area (Å²) in [5.74, 6) is -1.91. The van der Waals surface area contributed by atoms with Gasteiger partial charge in [0.15, 0.2) is 5.78 Å². The highest BCUT2D eigenvalue weighted by Gasteiger charge is 2.38. The third kappa shape index (κ3) is 2.88. The molecule has 18 heavy (non-hydrogen) atoms. The van der Waals surface area contributed by atoms with Crippen LogP contribution < -0.4 is 10.5 Å². The predicted molar refractivity (Wildman–Crippen MR) is 52.5 cm³/mol. The molecule has 0 aliphatic rings. The second kappa shape index (κ2) is 4.79. The lowest BCUT2D eigenvalue weighted by molar-refractivity contribution is -0.137. The fraction of sp³-hybridized carbons (Fsp3) is 0.300. The number of ketones is 1. The zero-order valence-corrected chi connectivity index (χ0v) is 9.02. The van der Waals surface area contributed by atoms with Crippen LogP contribution in [-0.2, 0) is 6.18 Å². The van der Waals surface area contributed by atoms with E-state index in [9.17, 15) is 26.7 Å². The fourth-order valence-electron chi connectivity index (χ4n) is 1.45. The third-order valence-electron chi connectivity index (χ3n) is 2.05. The molecule has 3 nitrogen and oxygen atoms in total. The number of halogens is 5. The first-order valence-electron chi connectivity index (χ1n) is 4.60. The first kappa shape index (κ1) is 14.2. The molecule has 100 valence electrons. The summed E-state index contributed by atoms with van der Waals surface area (Å²) in [5.41, 5.74) is 1.94. The Bertz CT molecular complexity index is 470. The molecule has 1 aromatic carbocycles. The molecule has 0 aromatic heterocycles. The Morgan fingerprint density at radius 2 is 1.89 bits per heavy atom. The van der Waals surface area contributed by atoms with E-state index in [-0.39, 0.29) is 0 Å². The summed E-state index contributed by atoms with van der Waals surface area (Å²) in [6.45, 7) is -2.53. The van der Waals surface area contributed by atoms with Gasteiger partial charge in [0.05, 0.1) is 11.1 Å². The molecule has 2 N–H and O–H groups in total. The number of anilines is 1. The molecular formula is C10H8F5NO2. The number of nitrogens with two attached hydrogens (primary N) is 1. The third-order valence-corrected chi connectivity index (χ3v) is 2.05. The van der Waals surface area contributed by atoms with Gasteiger partial charge >= 0.3 is 12.8 Å². The van der Waals surface area contributed by atoms with Crippen LogP contribution in [0.5, 0.6) is 5.75 Å². The minimum Gasteiger partial charge on any atom is -0.434 e. The molecule has 0 radical (unpaired) electrons. The molecule has 0 amide bonds. The molecule has 0 aliphatic carbocycles. The van der Waals surface area contributed by atoms with Crippen LogP contribution in [0.4, 0.5) is 27.6 Å². The number of nitrogen functional groups attached to an aromatic ring is 1. The lowest BCUT2D eigenvalue weighted by Gasteiger charge is -2.17. The van der Waals surface area contributed by atoms with Gasteiger partial charge in [-0.05, 0) is 19.1 Å². The molecule has 0 saturated heterocycles. The summed E-state index contributed by atoms with van der Waals surface area (Å²) in [6.07, 6.45) is -4.94. The van der Waals surface area contributed by atoms with Crippen molar-refractivity contribution in [3.8, 4) is 5.75 Å². The van der Waals surface area contributed by atoms with Crippen molar-refractivity contribution in [3.05, 3.63) is 23.3 Å². The van der Waals surface area contributed by atoms with Crippen LogP contribution in [0.1, 0.15) is 22.8 Å². The van der Waals surface area contributed by atoms with Gasteiger partial charge < -0.3 is 10.5 Å². The molecule has 0 heterocycles. The van der Waals surface area contributed by atoms with Gasteiger partial charge in [-0.15, -0.1) is 0 Å². The van der Waals surface area contributed by atoms with Gasteiger partial charge in [-0.3, -0.25) is 4.79 Å². The molecule has 0 saturated carbocycles. The fourth-order valence-corrected chi connectivity index (χ4v) is 1.45. The normalized spacial score (nSPS) is 11.7. The number of hydrogen-bond acceptors (Lipinski definition) is 3. The molecule has 1 aromatic rings. The topological polar surface area (TPSA) is 52.3 Å². The van der Waals surface area contributed by atoms with E-state index in [4.69, 9.17) is 5.73 Å². The second-order valence-electron chi connectivity index (χ2n) is 3.34. The molecular weight excluding hydrogens is 261 g/mol. The maximum atomic E-state index is 12.7. The summed E-state index contributed by atoms with van der Waals surface area (Å²) in [7, 11) is 0. The minimum absolute atomic E-state index is 0.727. The zero-order valence-electron chi connectivity index (χ0n) is 9.02. The Hall–Kier alpha value is -1.86. The molecule has 0 bridgehead atoms. The first-order chi connectivity index (χ1) is 8.14. The molecule has 0 atom stereocenters. The number of ether oxygens (including phenoxy) is 1. The maximum Gasteiger partial charge on any atom is 0.419 e. The quantitative estimate of drug-likeness (QED) is 0.521. The monoisotopic (exact) mass is 269 g/mol. The van der Waals surface area contributed by atoms with Crippen molar-refractivity contribution in [2.45, 2.75) is 19.7 Å². The van der Waals surface area contributed by atoms with Gasteiger partial charge in [-0.1, -0.05) is 0 Å². The van der Waals surface area contributed by atoms with Crippen molar-refractivity contribution in [3.63, 3.8) is 0 Å². The highest BCUT2D eigenvalue weighted by Crippen LogP contribution is 2.40. The van der Waals surface area contributed by atoms with Crippen LogP contribution in [-0.4, -0.2) is 12.4 Å². The lowest BCUT2D eigenvalue weighted by atomic mass is 10.0. The molecule has 0 aliphatic heterocycles.